The zero-order chi connectivity index (χ0) is 32.2. The number of sulfonamides is 1. The van der Waals surface area contributed by atoms with Crippen LogP contribution in [0.2, 0.25) is 0 Å². The van der Waals surface area contributed by atoms with E-state index in [1.165, 1.54) is 4.90 Å². The number of rotatable bonds is 15. The number of unbranched alkanes of at least 4 members (excludes halogenated alkanes) is 1. The summed E-state index contributed by atoms with van der Waals surface area (Å²) in [6, 6.07) is 31.0. The van der Waals surface area contributed by atoms with Crippen molar-refractivity contribution in [1.29, 1.82) is 0 Å². The summed E-state index contributed by atoms with van der Waals surface area (Å²) in [5.74, 6) is -0.195. The molecule has 2 amide bonds. The number of hydrogen-bond donors (Lipinski definition) is 1. The number of benzene rings is 4. The Bertz CT molecular complexity index is 1650. The minimum atomic E-state index is -4.14. The van der Waals surface area contributed by atoms with Gasteiger partial charge < -0.3 is 15.0 Å². The Labute approximate surface area is 266 Å². The summed E-state index contributed by atoms with van der Waals surface area (Å²) in [5.41, 5.74) is 2.89. The van der Waals surface area contributed by atoms with E-state index < -0.39 is 28.5 Å². The van der Waals surface area contributed by atoms with E-state index >= 15 is 0 Å². The number of para-hydroxylation sites is 1. The van der Waals surface area contributed by atoms with Gasteiger partial charge in [-0.25, -0.2) is 8.42 Å². The first-order valence-corrected chi connectivity index (χ1v) is 16.6. The second kappa shape index (κ2) is 15.9. The molecule has 0 aliphatic carbocycles. The Morgan fingerprint density at radius 3 is 2.13 bits per heavy atom. The fraction of sp³-hybridized carbons (Fsp3) is 0.278. The number of amides is 2. The van der Waals surface area contributed by atoms with E-state index in [4.69, 9.17) is 4.74 Å². The van der Waals surface area contributed by atoms with E-state index in [9.17, 15) is 18.0 Å². The molecule has 0 aliphatic rings. The highest BCUT2D eigenvalue weighted by molar-refractivity contribution is 7.92. The molecule has 0 aliphatic heterocycles. The van der Waals surface area contributed by atoms with Crippen molar-refractivity contribution in [2.75, 3.05) is 24.5 Å². The number of nitrogens with zero attached hydrogens (tertiary/aromatic N) is 2. The third-order valence-electron chi connectivity index (χ3n) is 7.52. The Kier molecular flexibility index (Phi) is 11.8. The predicted molar refractivity (Wildman–Crippen MR) is 178 cm³/mol. The minimum Gasteiger partial charge on any atom is -0.497 e. The Morgan fingerprint density at radius 2 is 1.49 bits per heavy atom. The number of aryl methyl sites for hydroxylation is 1. The van der Waals surface area contributed by atoms with Gasteiger partial charge >= 0.3 is 0 Å². The maximum absolute atomic E-state index is 14.5. The molecule has 236 valence electrons. The van der Waals surface area contributed by atoms with Crippen molar-refractivity contribution < 1.29 is 22.7 Å². The van der Waals surface area contributed by atoms with Crippen LogP contribution in [0, 0.1) is 6.92 Å². The quantitative estimate of drug-likeness (QED) is 0.169. The molecule has 4 aromatic carbocycles. The second-order valence-electron chi connectivity index (χ2n) is 10.9. The fourth-order valence-electron chi connectivity index (χ4n) is 4.99. The van der Waals surface area contributed by atoms with Crippen molar-refractivity contribution in [3.8, 4) is 5.75 Å². The highest BCUT2D eigenvalue weighted by atomic mass is 32.2. The molecule has 0 fully saturated rings. The van der Waals surface area contributed by atoms with Gasteiger partial charge in [-0.3, -0.25) is 13.9 Å². The van der Waals surface area contributed by atoms with Gasteiger partial charge in [-0.15, -0.1) is 0 Å². The largest absolute Gasteiger partial charge is 0.497 e. The number of methoxy groups -OCH3 is 1. The summed E-state index contributed by atoms with van der Waals surface area (Å²) in [7, 11) is -2.58. The molecule has 4 rings (SSSR count). The van der Waals surface area contributed by atoms with Crippen LogP contribution < -0.4 is 14.4 Å². The van der Waals surface area contributed by atoms with Crippen molar-refractivity contribution in [3.05, 3.63) is 126 Å². The molecule has 0 radical (unpaired) electrons. The van der Waals surface area contributed by atoms with Crippen LogP contribution in [-0.2, 0) is 32.6 Å². The van der Waals surface area contributed by atoms with Crippen molar-refractivity contribution in [2.45, 2.75) is 50.6 Å². The van der Waals surface area contributed by atoms with Gasteiger partial charge in [0.25, 0.3) is 10.0 Å². The third kappa shape index (κ3) is 8.95. The van der Waals surface area contributed by atoms with Gasteiger partial charge in [0, 0.05) is 19.5 Å². The Hall–Kier alpha value is -4.63. The Morgan fingerprint density at radius 1 is 0.844 bits per heavy atom. The normalized spacial score (nSPS) is 11.8. The number of anilines is 1. The van der Waals surface area contributed by atoms with E-state index in [1.54, 1.807) is 67.8 Å². The fourth-order valence-corrected chi connectivity index (χ4v) is 6.40. The van der Waals surface area contributed by atoms with Crippen LogP contribution in [0.4, 0.5) is 5.69 Å². The summed E-state index contributed by atoms with van der Waals surface area (Å²) in [5, 5.41) is 3.00. The monoisotopic (exact) mass is 627 g/mol. The summed E-state index contributed by atoms with van der Waals surface area (Å²) >= 11 is 0. The lowest BCUT2D eigenvalue weighted by molar-refractivity contribution is -0.140. The predicted octanol–water partition coefficient (Wildman–Crippen LogP) is 5.76. The maximum Gasteiger partial charge on any atom is 0.264 e. The van der Waals surface area contributed by atoms with Crippen molar-refractivity contribution in [1.82, 2.24) is 10.2 Å². The van der Waals surface area contributed by atoms with Crippen LogP contribution in [0.15, 0.2) is 114 Å². The van der Waals surface area contributed by atoms with E-state index in [0.717, 1.165) is 33.8 Å². The maximum atomic E-state index is 14.5. The molecule has 0 unspecified atom stereocenters. The Balaban J connectivity index is 1.78. The summed E-state index contributed by atoms with van der Waals surface area (Å²) in [6.45, 7) is 3.96. The average Bonchev–Trinajstić information content (AvgIpc) is 3.06. The lowest BCUT2D eigenvalue weighted by atomic mass is 10.0. The molecule has 1 atom stereocenters. The first kappa shape index (κ1) is 33.3. The highest BCUT2D eigenvalue weighted by Crippen LogP contribution is 2.25. The molecule has 0 bridgehead atoms. The summed E-state index contributed by atoms with van der Waals surface area (Å²) in [4.78, 5) is 29.9. The highest BCUT2D eigenvalue weighted by Gasteiger charge is 2.34. The van der Waals surface area contributed by atoms with Gasteiger partial charge in [-0.1, -0.05) is 91.7 Å². The van der Waals surface area contributed by atoms with Gasteiger partial charge in [0.05, 0.1) is 17.7 Å². The molecule has 0 spiro atoms. The smallest absolute Gasteiger partial charge is 0.264 e. The van der Waals surface area contributed by atoms with Crippen LogP contribution in [0.25, 0.3) is 0 Å². The van der Waals surface area contributed by atoms with Gasteiger partial charge in [0.15, 0.2) is 0 Å². The minimum absolute atomic E-state index is 0.0714. The standard InChI is InChI=1S/C36H41N3O5S/c1-4-5-23-37-36(41)34(25-29-13-8-6-9-14-29)38(26-30-15-12-18-32(24-30)44-3)35(40)27-39(31-16-10-7-11-17-31)45(42,43)33-21-19-28(2)20-22-33/h6-22,24,34H,4-5,23,25-27H2,1-3H3,(H,37,41)/t34-/m1/s1. The lowest BCUT2D eigenvalue weighted by Crippen LogP contribution is -2.53. The zero-order valence-electron chi connectivity index (χ0n) is 26.1. The molecule has 0 heterocycles. The number of ether oxygens (including phenoxy) is 1. The van der Waals surface area contributed by atoms with Gasteiger partial charge in [-0.05, 0) is 60.9 Å². The first-order chi connectivity index (χ1) is 21.7. The van der Waals surface area contributed by atoms with Crippen molar-refractivity contribution in [2.24, 2.45) is 0 Å². The van der Waals surface area contributed by atoms with Crippen molar-refractivity contribution >= 4 is 27.5 Å². The molecular formula is C36H41N3O5S. The molecule has 4 aromatic rings. The van der Waals surface area contributed by atoms with E-state index in [0.29, 0.717) is 18.0 Å². The zero-order valence-corrected chi connectivity index (χ0v) is 26.9. The second-order valence-corrected chi connectivity index (χ2v) is 12.7. The van der Waals surface area contributed by atoms with Gasteiger partial charge in [-0.2, -0.15) is 0 Å². The molecule has 0 aromatic heterocycles. The van der Waals surface area contributed by atoms with Crippen LogP contribution >= 0.6 is 0 Å². The molecule has 8 nitrogen and oxygen atoms in total. The number of nitrogens with one attached hydrogen (secondary N) is 1. The van der Waals surface area contributed by atoms with Crippen molar-refractivity contribution in [3.63, 3.8) is 0 Å². The molecule has 0 saturated carbocycles. The third-order valence-corrected chi connectivity index (χ3v) is 9.31. The van der Waals surface area contributed by atoms with Crippen LogP contribution in [0.5, 0.6) is 5.75 Å². The lowest BCUT2D eigenvalue weighted by Gasteiger charge is -2.34. The number of hydrogen-bond acceptors (Lipinski definition) is 5. The summed E-state index contributed by atoms with van der Waals surface area (Å²) < 4.78 is 34.7. The van der Waals surface area contributed by atoms with Crippen LogP contribution in [0.1, 0.15) is 36.5 Å². The number of carbonyl (C=O) groups excluding carboxylic acids is 2. The van der Waals surface area contributed by atoms with E-state index in [2.05, 4.69) is 5.32 Å². The van der Waals surface area contributed by atoms with E-state index in [1.807, 2.05) is 62.4 Å². The van der Waals surface area contributed by atoms with Crippen LogP contribution in [-0.4, -0.2) is 51.4 Å². The van der Waals surface area contributed by atoms with E-state index in [-0.39, 0.29) is 23.8 Å². The van der Waals surface area contributed by atoms with Gasteiger partial charge in [0.2, 0.25) is 11.8 Å². The van der Waals surface area contributed by atoms with Gasteiger partial charge in [0.1, 0.15) is 18.3 Å². The van der Waals surface area contributed by atoms with Crippen LogP contribution in [0.3, 0.4) is 0 Å². The molecule has 45 heavy (non-hydrogen) atoms. The molecular weight excluding hydrogens is 586 g/mol. The molecule has 9 heteroatoms. The SMILES string of the molecule is CCCCNC(=O)[C@@H](Cc1ccccc1)N(Cc1cccc(OC)c1)C(=O)CN(c1ccccc1)S(=O)(=O)c1ccc(C)cc1. The molecule has 0 saturated heterocycles. The molecule has 1 N–H and O–H groups in total. The topological polar surface area (TPSA) is 96.0 Å². The first-order valence-electron chi connectivity index (χ1n) is 15.1. The summed E-state index contributed by atoms with van der Waals surface area (Å²) in [6.07, 6.45) is 1.95. The average molecular weight is 628 g/mol. The number of carbonyl (C=O) groups is 2.